The van der Waals surface area contributed by atoms with Crippen LogP contribution in [-0.2, 0) is 19.1 Å². The van der Waals surface area contributed by atoms with Gasteiger partial charge in [0.05, 0.1) is 23.2 Å². The molecule has 0 spiro atoms. The molecule has 0 unspecified atom stereocenters. The summed E-state index contributed by atoms with van der Waals surface area (Å²) in [5.41, 5.74) is -0.737. The Balaban J connectivity index is 2.06. The van der Waals surface area contributed by atoms with Crippen LogP contribution in [0.5, 0.6) is 0 Å². The molecule has 11 nitrogen and oxygen atoms in total. The number of alkyl carbamates (subject to hydrolysis) is 1. The summed E-state index contributed by atoms with van der Waals surface area (Å²) < 4.78 is 10.5. The van der Waals surface area contributed by atoms with Gasteiger partial charge in [-0.15, -0.1) is 0 Å². The van der Waals surface area contributed by atoms with Crippen molar-refractivity contribution in [2.45, 2.75) is 64.8 Å². The minimum Gasteiger partial charge on any atom is -0.447 e. The molecule has 33 heavy (non-hydrogen) atoms. The quantitative estimate of drug-likeness (QED) is 0.558. The van der Waals surface area contributed by atoms with Gasteiger partial charge in [-0.1, -0.05) is 11.6 Å². The summed E-state index contributed by atoms with van der Waals surface area (Å²) in [4.78, 5) is 54.8. The molecule has 182 valence electrons. The second-order valence-electron chi connectivity index (χ2n) is 8.82. The van der Waals surface area contributed by atoms with Crippen LogP contribution in [-0.4, -0.2) is 70.8 Å². The van der Waals surface area contributed by atoms with Gasteiger partial charge >= 0.3 is 24.0 Å². The molecule has 4 amide bonds. The Kier molecular flexibility index (Phi) is 8.86. The van der Waals surface area contributed by atoms with Crippen molar-refractivity contribution in [3.05, 3.63) is 23.4 Å². The van der Waals surface area contributed by atoms with E-state index in [1.54, 1.807) is 34.6 Å². The number of anilines is 1. The highest BCUT2D eigenvalue weighted by Crippen LogP contribution is 2.15. The van der Waals surface area contributed by atoms with Gasteiger partial charge in [0.25, 0.3) is 0 Å². The van der Waals surface area contributed by atoms with Crippen molar-refractivity contribution in [1.29, 1.82) is 0 Å². The summed E-state index contributed by atoms with van der Waals surface area (Å²) in [6.45, 7) is 8.95. The van der Waals surface area contributed by atoms with Crippen LogP contribution in [0.2, 0.25) is 5.02 Å². The van der Waals surface area contributed by atoms with Gasteiger partial charge in [0.15, 0.2) is 0 Å². The number of carbonyl (C=O) groups is 4. The van der Waals surface area contributed by atoms with Crippen molar-refractivity contribution in [3.8, 4) is 0 Å². The second-order valence-corrected chi connectivity index (χ2v) is 9.25. The number of hydrogen-bond donors (Lipinski definition) is 3. The number of rotatable bonds is 4. The molecule has 1 fully saturated rings. The lowest BCUT2D eigenvalue weighted by Crippen LogP contribution is -2.62. The average Bonchev–Trinajstić information content (AvgIpc) is 2.68. The van der Waals surface area contributed by atoms with Crippen LogP contribution in [0.1, 0.15) is 41.0 Å². The number of carbonyl (C=O) groups excluding carboxylic acids is 4. The molecule has 1 saturated heterocycles. The number of halogens is 1. The Morgan fingerprint density at radius 2 is 1.82 bits per heavy atom. The molecule has 0 radical (unpaired) electrons. The molecular weight excluding hydrogens is 454 g/mol. The summed E-state index contributed by atoms with van der Waals surface area (Å²) in [6, 6.07) is 1.64. The fourth-order valence-corrected chi connectivity index (χ4v) is 3.14. The lowest BCUT2D eigenvalue weighted by atomic mass is 9.99. The van der Waals surface area contributed by atoms with E-state index in [1.165, 1.54) is 23.2 Å². The summed E-state index contributed by atoms with van der Waals surface area (Å²) in [6.07, 6.45) is 0.0728. The lowest BCUT2D eigenvalue weighted by Gasteiger charge is -2.38. The van der Waals surface area contributed by atoms with E-state index in [-0.39, 0.29) is 31.4 Å². The highest BCUT2D eigenvalue weighted by Gasteiger charge is 2.36. The minimum atomic E-state index is -0.928. The molecule has 12 heteroatoms. The van der Waals surface area contributed by atoms with E-state index in [1.807, 2.05) is 0 Å². The lowest BCUT2D eigenvalue weighted by molar-refractivity contribution is -0.137. The predicted octanol–water partition coefficient (Wildman–Crippen LogP) is 2.30. The van der Waals surface area contributed by atoms with Gasteiger partial charge in [-0.05, 0) is 53.2 Å². The fourth-order valence-electron chi connectivity index (χ4n) is 3.03. The van der Waals surface area contributed by atoms with Gasteiger partial charge in [-0.25, -0.2) is 14.6 Å². The van der Waals surface area contributed by atoms with E-state index < -0.39 is 41.7 Å². The van der Waals surface area contributed by atoms with E-state index in [9.17, 15) is 19.2 Å². The first-order valence-electron chi connectivity index (χ1n) is 10.5. The summed E-state index contributed by atoms with van der Waals surface area (Å²) in [5.74, 6) is -1.68. The van der Waals surface area contributed by atoms with Crippen LogP contribution in [0, 0.1) is 0 Å². The van der Waals surface area contributed by atoms with Crippen molar-refractivity contribution in [2.75, 3.05) is 18.4 Å². The van der Waals surface area contributed by atoms with E-state index in [4.69, 9.17) is 21.1 Å². The van der Waals surface area contributed by atoms with Crippen molar-refractivity contribution in [3.63, 3.8) is 0 Å². The highest BCUT2D eigenvalue weighted by atomic mass is 35.5. The highest BCUT2D eigenvalue weighted by molar-refractivity contribution is 6.39. The van der Waals surface area contributed by atoms with E-state index >= 15 is 0 Å². The number of piperidine rings is 1. The van der Waals surface area contributed by atoms with E-state index in [2.05, 4.69) is 20.9 Å². The SMILES string of the molecule is CC(C)OC(=O)N1CC[C@H](NC(=O)C(=O)Nc2ccc(Cl)cn2)[C@H](NC(=O)OC(C)(C)C)C1. The van der Waals surface area contributed by atoms with Gasteiger partial charge in [0, 0.05) is 19.3 Å². The monoisotopic (exact) mass is 483 g/mol. The van der Waals surface area contributed by atoms with Crippen molar-refractivity contribution in [2.24, 2.45) is 0 Å². The fraction of sp³-hybridized carbons (Fsp3) is 0.571. The third kappa shape index (κ3) is 8.76. The van der Waals surface area contributed by atoms with Crippen LogP contribution < -0.4 is 16.0 Å². The second kappa shape index (κ2) is 11.2. The third-order valence-electron chi connectivity index (χ3n) is 4.40. The van der Waals surface area contributed by atoms with Gasteiger partial charge in [0.2, 0.25) is 0 Å². The van der Waals surface area contributed by atoms with Crippen LogP contribution in [0.3, 0.4) is 0 Å². The Bertz CT molecular complexity index is 871. The number of ether oxygens (including phenoxy) is 2. The molecule has 1 aliphatic heterocycles. The van der Waals surface area contributed by atoms with Crippen molar-refractivity contribution >= 4 is 41.4 Å². The minimum absolute atomic E-state index is 0.0656. The average molecular weight is 484 g/mol. The topological polar surface area (TPSA) is 139 Å². The zero-order chi connectivity index (χ0) is 24.8. The zero-order valence-electron chi connectivity index (χ0n) is 19.3. The molecule has 1 aromatic rings. The summed E-state index contributed by atoms with van der Waals surface area (Å²) >= 11 is 5.76. The zero-order valence-corrected chi connectivity index (χ0v) is 20.1. The van der Waals surface area contributed by atoms with E-state index in [0.717, 1.165) is 0 Å². The molecule has 0 bridgehead atoms. The van der Waals surface area contributed by atoms with Crippen molar-refractivity contribution < 1.29 is 28.7 Å². The molecule has 2 atom stereocenters. The number of nitrogens with one attached hydrogen (secondary N) is 3. The standard InChI is InChI=1S/C21H30ClN5O6/c1-12(2)32-20(31)27-9-8-14(15(11-27)25-19(30)33-21(3,4)5)24-17(28)18(29)26-16-7-6-13(22)10-23-16/h6-7,10,12,14-15H,8-9,11H2,1-5H3,(H,24,28)(H,25,30)(H,23,26,29)/t14-,15+/m0/s1. The summed E-state index contributed by atoms with van der Waals surface area (Å²) in [5, 5.41) is 8.06. The maximum absolute atomic E-state index is 12.5. The van der Waals surface area contributed by atoms with Gasteiger partial charge in [-0.2, -0.15) is 0 Å². The van der Waals surface area contributed by atoms with Crippen LogP contribution in [0.25, 0.3) is 0 Å². The maximum Gasteiger partial charge on any atom is 0.410 e. The number of pyridine rings is 1. The molecule has 0 aromatic carbocycles. The predicted molar refractivity (Wildman–Crippen MR) is 121 cm³/mol. The molecule has 0 aliphatic carbocycles. The van der Waals surface area contributed by atoms with Crippen LogP contribution >= 0.6 is 11.6 Å². The smallest absolute Gasteiger partial charge is 0.410 e. The van der Waals surface area contributed by atoms with Crippen LogP contribution in [0.15, 0.2) is 18.3 Å². The first-order chi connectivity index (χ1) is 15.3. The summed E-state index contributed by atoms with van der Waals surface area (Å²) in [7, 11) is 0. The first kappa shape index (κ1) is 26.2. The Morgan fingerprint density at radius 3 is 2.39 bits per heavy atom. The number of amides is 4. The Morgan fingerprint density at radius 1 is 1.12 bits per heavy atom. The van der Waals surface area contributed by atoms with Crippen LogP contribution in [0.4, 0.5) is 15.4 Å². The molecule has 1 aliphatic rings. The Hall–Kier alpha value is -3.08. The van der Waals surface area contributed by atoms with Gasteiger partial charge in [0.1, 0.15) is 11.4 Å². The molecule has 3 N–H and O–H groups in total. The molecule has 0 saturated carbocycles. The van der Waals surface area contributed by atoms with Gasteiger partial charge < -0.3 is 30.3 Å². The molecule has 2 heterocycles. The molecule has 2 rings (SSSR count). The number of nitrogens with zero attached hydrogens (tertiary/aromatic N) is 2. The van der Waals surface area contributed by atoms with E-state index in [0.29, 0.717) is 5.02 Å². The molecule has 1 aromatic heterocycles. The van der Waals surface area contributed by atoms with Gasteiger partial charge in [-0.3, -0.25) is 9.59 Å². The largest absolute Gasteiger partial charge is 0.447 e. The molecular formula is C21H30ClN5O6. The number of hydrogen-bond acceptors (Lipinski definition) is 7. The van der Waals surface area contributed by atoms with Crippen molar-refractivity contribution in [1.82, 2.24) is 20.5 Å². The number of aromatic nitrogens is 1. The third-order valence-corrected chi connectivity index (χ3v) is 4.62. The first-order valence-corrected chi connectivity index (χ1v) is 10.9. The Labute approximate surface area is 197 Å². The number of likely N-dealkylation sites (tertiary alicyclic amines) is 1. The normalized spacial score (nSPS) is 18.3. The maximum atomic E-state index is 12.5.